The summed E-state index contributed by atoms with van der Waals surface area (Å²) < 4.78 is 0. The fraction of sp³-hybridized carbons (Fsp3) is 0.538. The number of rotatable bonds is 5. The number of carbonyl (C=O) groups is 1. The van der Waals surface area contributed by atoms with Crippen LogP contribution in [0.5, 0.6) is 0 Å². The molecule has 4 rings (SSSR count). The summed E-state index contributed by atoms with van der Waals surface area (Å²) in [5.74, 6) is 0.569. The molecule has 1 aromatic carbocycles. The van der Waals surface area contributed by atoms with Crippen molar-refractivity contribution in [1.82, 2.24) is 19.7 Å². The van der Waals surface area contributed by atoms with E-state index < -0.39 is 0 Å². The number of likely N-dealkylation sites (tertiary alicyclic amines) is 1. The molecule has 2 fully saturated rings. The Morgan fingerprint density at radius 3 is 2.29 bits per heavy atom. The Bertz CT molecular complexity index is 868. The SMILES string of the molecule is Cc1ccc(C(C)N2CCN(C(=O)C3CCN(Cc4ccncc4)CC3)CC2)cc1C. The van der Waals surface area contributed by atoms with Gasteiger partial charge in [0.05, 0.1) is 0 Å². The van der Waals surface area contributed by atoms with Crippen LogP contribution in [0.25, 0.3) is 0 Å². The highest BCUT2D eigenvalue weighted by atomic mass is 16.2. The molecule has 166 valence electrons. The minimum atomic E-state index is 0.192. The highest BCUT2D eigenvalue weighted by molar-refractivity contribution is 5.79. The van der Waals surface area contributed by atoms with E-state index in [4.69, 9.17) is 0 Å². The van der Waals surface area contributed by atoms with Gasteiger partial charge in [-0.1, -0.05) is 18.2 Å². The Hall–Kier alpha value is -2.24. The number of pyridine rings is 1. The maximum absolute atomic E-state index is 13.1. The average molecular weight is 421 g/mol. The van der Waals surface area contributed by atoms with E-state index in [1.807, 2.05) is 12.4 Å². The van der Waals surface area contributed by atoms with Gasteiger partial charge in [0, 0.05) is 57.1 Å². The summed E-state index contributed by atoms with van der Waals surface area (Å²) in [6.45, 7) is 13.2. The maximum Gasteiger partial charge on any atom is 0.225 e. The summed E-state index contributed by atoms with van der Waals surface area (Å²) in [6.07, 6.45) is 5.66. The van der Waals surface area contributed by atoms with E-state index in [9.17, 15) is 4.79 Å². The Balaban J connectivity index is 1.24. The summed E-state index contributed by atoms with van der Waals surface area (Å²) in [6, 6.07) is 11.3. The van der Waals surface area contributed by atoms with E-state index in [-0.39, 0.29) is 5.92 Å². The molecule has 5 nitrogen and oxygen atoms in total. The third-order valence-corrected chi connectivity index (χ3v) is 7.28. The summed E-state index contributed by atoms with van der Waals surface area (Å²) in [7, 11) is 0. The van der Waals surface area contributed by atoms with E-state index >= 15 is 0 Å². The lowest BCUT2D eigenvalue weighted by Crippen LogP contribution is -2.52. The largest absolute Gasteiger partial charge is 0.340 e. The van der Waals surface area contributed by atoms with Gasteiger partial charge in [0.1, 0.15) is 0 Å². The number of hydrogen-bond donors (Lipinski definition) is 0. The Labute approximate surface area is 187 Å². The first kappa shape index (κ1) is 22.0. The van der Waals surface area contributed by atoms with Crippen molar-refractivity contribution < 1.29 is 4.79 Å². The van der Waals surface area contributed by atoms with Crippen molar-refractivity contribution in [2.24, 2.45) is 5.92 Å². The molecule has 0 aliphatic carbocycles. The molecule has 2 saturated heterocycles. The Morgan fingerprint density at radius 2 is 1.65 bits per heavy atom. The molecule has 0 spiro atoms. The van der Waals surface area contributed by atoms with E-state index in [0.29, 0.717) is 11.9 Å². The highest BCUT2D eigenvalue weighted by Crippen LogP contribution is 2.26. The number of nitrogens with zero attached hydrogens (tertiary/aromatic N) is 4. The van der Waals surface area contributed by atoms with Crippen LogP contribution in [-0.4, -0.2) is 64.9 Å². The molecular weight excluding hydrogens is 384 g/mol. The van der Waals surface area contributed by atoms with Crippen LogP contribution >= 0.6 is 0 Å². The van der Waals surface area contributed by atoms with Crippen molar-refractivity contribution >= 4 is 5.91 Å². The second-order valence-electron chi connectivity index (χ2n) is 9.29. The van der Waals surface area contributed by atoms with Crippen LogP contribution in [0.3, 0.4) is 0 Å². The molecule has 0 saturated carbocycles. The van der Waals surface area contributed by atoms with Gasteiger partial charge in [0.15, 0.2) is 0 Å². The number of piperazine rings is 1. The van der Waals surface area contributed by atoms with Crippen LogP contribution in [0.4, 0.5) is 0 Å². The van der Waals surface area contributed by atoms with Gasteiger partial charge in [-0.05, 0) is 81.1 Å². The zero-order chi connectivity index (χ0) is 21.8. The lowest BCUT2D eigenvalue weighted by Gasteiger charge is -2.40. The molecule has 0 radical (unpaired) electrons. The van der Waals surface area contributed by atoms with Gasteiger partial charge in [0.25, 0.3) is 0 Å². The smallest absolute Gasteiger partial charge is 0.225 e. The third-order valence-electron chi connectivity index (χ3n) is 7.28. The lowest BCUT2D eigenvalue weighted by atomic mass is 9.94. The number of aromatic nitrogens is 1. The Morgan fingerprint density at radius 1 is 0.968 bits per heavy atom. The van der Waals surface area contributed by atoms with Crippen LogP contribution < -0.4 is 0 Å². The fourth-order valence-corrected chi connectivity index (χ4v) is 4.91. The number of piperidine rings is 1. The van der Waals surface area contributed by atoms with E-state index in [0.717, 1.165) is 58.7 Å². The average Bonchev–Trinajstić information content (AvgIpc) is 2.81. The van der Waals surface area contributed by atoms with Crippen LogP contribution in [0.1, 0.15) is 48.1 Å². The standard InChI is InChI=1S/C26H36N4O/c1-20-4-5-25(18-21(20)2)22(3)29-14-16-30(17-15-29)26(31)24-8-12-28(13-9-24)19-23-6-10-27-11-7-23/h4-7,10-11,18,22,24H,8-9,12-17,19H2,1-3H3. The van der Waals surface area contributed by atoms with Crippen LogP contribution in [-0.2, 0) is 11.3 Å². The highest BCUT2D eigenvalue weighted by Gasteiger charge is 2.31. The summed E-state index contributed by atoms with van der Waals surface area (Å²) >= 11 is 0. The van der Waals surface area contributed by atoms with E-state index in [1.54, 1.807) is 0 Å². The molecule has 1 atom stereocenters. The normalized spacial score (nSPS) is 20.0. The van der Waals surface area contributed by atoms with Gasteiger partial charge >= 0.3 is 0 Å². The summed E-state index contributed by atoms with van der Waals surface area (Å²) in [5.41, 5.74) is 5.38. The predicted octanol–water partition coefficient (Wildman–Crippen LogP) is 3.82. The topological polar surface area (TPSA) is 39.7 Å². The minimum Gasteiger partial charge on any atom is -0.340 e. The van der Waals surface area contributed by atoms with Crippen LogP contribution in [0.15, 0.2) is 42.7 Å². The van der Waals surface area contributed by atoms with Crippen molar-refractivity contribution in [3.05, 3.63) is 65.0 Å². The number of amides is 1. The first-order valence-corrected chi connectivity index (χ1v) is 11.7. The van der Waals surface area contributed by atoms with Gasteiger partial charge in [0.2, 0.25) is 5.91 Å². The summed E-state index contributed by atoms with van der Waals surface area (Å²) in [5, 5.41) is 0. The number of carbonyl (C=O) groups excluding carboxylic acids is 1. The number of aryl methyl sites for hydroxylation is 2. The zero-order valence-corrected chi connectivity index (χ0v) is 19.3. The van der Waals surface area contributed by atoms with Crippen molar-refractivity contribution in [3.8, 4) is 0 Å². The first-order valence-electron chi connectivity index (χ1n) is 11.7. The lowest BCUT2D eigenvalue weighted by molar-refractivity contribution is -0.139. The molecule has 2 aliphatic heterocycles. The van der Waals surface area contributed by atoms with Gasteiger partial charge in [-0.15, -0.1) is 0 Å². The molecule has 1 amide bonds. The van der Waals surface area contributed by atoms with E-state index in [2.05, 4.69) is 70.8 Å². The van der Waals surface area contributed by atoms with Crippen molar-refractivity contribution in [1.29, 1.82) is 0 Å². The van der Waals surface area contributed by atoms with Crippen LogP contribution in [0.2, 0.25) is 0 Å². The second kappa shape index (κ2) is 9.92. The molecule has 2 aromatic rings. The quantitative estimate of drug-likeness (QED) is 0.737. The monoisotopic (exact) mass is 420 g/mol. The van der Waals surface area contributed by atoms with Gasteiger partial charge in [-0.2, -0.15) is 0 Å². The molecule has 1 aromatic heterocycles. The second-order valence-corrected chi connectivity index (χ2v) is 9.29. The van der Waals surface area contributed by atoms with Crippen LogP contribution in [0, 0.1) is 19.8 Å². The van der Waals surface area contributed by atoms with Gasteiger partial charge in [-0.25, -0.2) is 0 Å². The predicted molar refractivity (Wildman–Crippen MR) is 125 cm³/mol. The van der Waals surface area contributed by atoms with Crippen molar-refractivity contribution in [3.63, 3.8) is 0 Å². The Kier molecular flexibility index (Phi) is 7.03. The molecular formula is C26H36N4O. The molecule has 2 aliphatic rings. The summed E-state index contributed by atoms with van der Waals surface area (Å²) in [4.78, 5) is 24.3. The van der Waals surface area contributed by atoms with Gasteiger partial charge < -0.3 is 4.90 Å². The third kappa shape index (κ3) is 5.34. The molecule has 5 heteroatoms. The molecule has 3 heterocycles. The molecule has 0 N–H and O–H groups in total. The van der Waals surface area contributed by atoms with Crippen molar-refractivity contribution in [2.75, 3.05) is 39.3 Å². The first-order chi connectivity index (χ1) is 15.0. The zero-order valence-electron chi connectivity index (χ0n) is 19.3. The molecule has 31 heavy (non-hydrogen) atoms. The fourth-order valence-electron chi connectivity index (χ4n) is 4.91. The molecule has 1 unspecified atom stereocenters. The van der Waals surface area contributed by atoms with Crippen molar-refractivity contribution in [2.45, 2.75) is 46.2 Å². The minimum absolute atomic E-state index is 0.192. The number of hydrogen-bond acceptors (Lipinski definition) is 4. The van der Waals surface area contributed by atoms with Gasteiger partial charge in [-0.3, -0.25) is 19.6 Å². The number of benzene rings is 1. The maximum atomic E-state index is 13.1. The molecule has 0 bridgehead atoms. The van der Waals surface area contributed by atoms with E-state index in [1.165, 1.54) is 22.3 Å².